The second-order valence-corrected chi connectivity index (χ2v) is 2.53. The first-order valence-electron chi connectivity index (χ1n) is 2.63. The van der Waals surface area contributed by atoms with Gasteiger partial charge in [-0.2, -0.15) is 0 Å². The molecular weight excluding hydrogens is 177 g/mol. The van der Waals surface area contributed by atoms with E-state index in [4.69, 9.17) is 28.6 Å². The molecule has 10 heavy (non-hydrogen) atoms. The molecule has 0 radical (unpaired) electrons. The van der Waals surface area contributed by atoms with Crippen LogP contribution >= 0.6 is 23.2 Å². The lowest BCUT2D eigenvalue weighted by atomic mass is 10.4. The first-order chi connectivity index (χ1) is 4.59. The largest absolute Gasteiger partial charge is 0.461 e. The van der Waals surface area contributed by atoms with Gasteiger partial charge in [-0.3, -0.25) is 5.41 Å². The number of hydrogen-bond acceptors (Lipinski definition) is 3. The number of nitrogens with one attached hydrogen (secondary N) is 1. The van der Waals surface area contributed by atoms with E-state index in [9.17, 15) is 4.79 Å². The molecule has 0 aromatic rings. The summed E-state index contributed by atoms with van der Waals surface area (Å²) in [5.41, 5.74) is -0.426. The Morgan fingerprint density at radius 3 is 2.50 bits per heavy atom. The number of alkyl halides is 2. The van der Waals surface area contributed by atoms with E-state index in [0.29, 0.717) is 0 Å². The van der Waals surface area contributed by atoms with Crippen molar-refractivity contribution in [1.29, 1.82) is 5.41 Å². The summed E-state index contributed by atoms with van der Waals surface area (Å²) in [7, 11) is 0. The lowest BCUT2D eigenvalue weighted by Crippen LogP contribution is -2.21. The van der Waals surface area contributed by atoms with Gasteiger partial charge in [0, 0.05) is 0 Å². The van der Waals surface area contributed by atoms with Gasteiger partial charge in [-0.1, -0.05) is 23.2 Å². The highest BCUT2D eigenvalue weighted by atomic mass is 35.5. The van der Waals surface area contributed by atoms with Gasteiger partial charge in [0.05, 0.1) is 6.61 Å². The van der Waals surface area contributed by atoms with Crippen LogP contribution in [0.3, 0.4) is 0 Å². The smallest absolute Gasteiger partial charge is 0.354 e. The normalized spacial score (nSPS) is 9.60. The molecule has 1 N–H and O–H groups in total. The van der Waals surface area contributed by atoms with E-state index in [2.05, 4.69) is 4.74 Å². The summed E-state index contributed by atoms with van der Waals surface area (Å²) in [6, 6.07) is 0. The molecule has 0 aliphatic heterocycles. The lowest BCUT2D eigenvalue weighted by molar-refractivity contribution is -0.135. The van der Waals surface area contributed by atoms with Crippen LogP contribution in [-0.2, 0) is 9.53 Å². The number of rotatable bonds is 3. The van der Waals surface area contributed by atoms with E-state index >= 15 is 0 Å². The Kier molecular flexibility index (Phi) is 4.40. The van der Waals surface area contributed by atoms with Gasteiger partial charge in [-0.25, -0.2) is 4.79 Å². The van der Waals surface area contributed by atoms with E-state index in [1.807, 2.05) is 0 Å². The predicted molar refractivity (Wildman–Crippen MR) is 39.9 cm³/mol. The average molecular weight is 184 g/mol. The molecule has 0 aliphatic carbocycles. The molecular formula is C5H7Cl2NO2. The average Bonchev–Trinajstić information content (AvgIpc) is 1.87. The number of ether oxygens (including phenoxy) is 1. The summed E-state index contributed by atoms with van der Waals surface area (Å²) in [6.07, 6.45) is 0. The molecule has 0 aromatic heterocycles. The number of carbonyl (C=O) groups is 1. The van der Waals surface area contributed by atoms with Crippen molar-refractivity contribution in [3.8, 4) is 0 Å². The van der Waals surface area contributed by atoms with Crippen molar-refractivity contribution in [3.05, 3.63) is 0 Å². The van der Waals surface area contributed by atoms with Gasteiger partial charge in [-0.15, -0.1) is 0 Å². The van der Waals surface area contributed by atoms with Crippen molar-refractivity contribution in [2.45, 2.75) is 11.8 Å². The summed E-state index contributed by atoms with van der Waals surface area (Å²) >= 11 is 10.4. The monoisotopic (exact) mass is 183 g/mol. The summed E-state index contributed by atoms with van der Waals surface area (Å²) in [6.45, 7) is 1.87. The van der Waals surface area contributed by atoms with Gasteiger partial charge in [0.25, 0.3) is 0 Å². The topological polar surface area (TPSA) is 50.2 Å². The molecule has 0 aromatic carbocycles. The van der Waals surface area contributed by atoms with Crippen molar-refractivity contribution in [2.24, 2.45) is 0 Å². The SMILES string of the molecule is CCOC(=O)C(=N)C(Cl)Cl. The maximum Gasteiger partial charge on any atom is 0.354 e. The Morgan fingerprint density at radius 1 is 1.70 bits per heavy atom. The zero-order chi connectivity index (χ0) is 8.15. The molecule has 0 unspecified atom stereocenters. The Hall–Kier alpha value is -0.280. The van der Waals surface area contributed by atoms with Crippen molar-refractivity contribution in [2.75, 3.05) is 6.61 Å². The fourth-order valence-electron chi connectivity index (χ4n) is 0.298. The predicted octanol–water partition coefficient (Wildman–Crippen LogP) is 1.37. The molecule has 3 nitrogen and oxygen atoms in total. The molecule has 0 fully saturated rings. The molecule has 0 aliphatic rings. The van der Waals surface area contributed by atoms with Crippen LogP contribution in [-0.4, -0.2) is 23.1 Å². The van der Waals surface area contributed by atoms with Crippen LogP contribution in [0.15, 0.2) is 0 Å². The van der Waals surface area contributed by atoms with Crippen LogP contribution in [0.25, 0.3) is 0 Å². The first kappa shape index (κ1) is 9.72. The molecule has 58 valence electrons. The summed E-state index contributed by atoms with van der Waals surface area (Å²) in [5.74, 6) is -0.766. The van der Waals surface area contributed by atoms with Gasteiger partial charge in [0.2, 0.25) is 0 Å². The molecule has 0 bridgehead atoms. The minimum absolute atomic E-state index is 0.224. The Labute approximate surface area is 68.8 Å². The van der Waals surface area contributed by atoms with Gasteiger partial charge in [-0.05, 0) is 6.92 Å². The van der Waals surface area contributed by atoms with E-state index in [0.717, 1.165) is 0 Å². The summed E-state index contributed by atoms with van der Waals surface area (Å²) in [4.78, 5) is 9.47. The maximum absolute atomic E-state index is 10.6. The molecule has 0 saturated heterocycles. The molecule has 0 spiro atoms. The Balaban J connectivity index is 3.83. The number of halogens is 2. The second kappa shape index (κ2) is 4.52. The number of hydrogen-bond donors (Lipinski definition) is 1. The van der Waals surface area contributed by atoms with Gasteiger partial charge in [0.1, 0.15) is 5.71 Å². The fraction of sp³-hybridized carbons (Fsp3) is 0.600. The van der Waals surface area contributed by atoms with Crippen molar-refractivity contribution in [1.82, 2.24) is 0 Å². The molecule has 0 saturated carbocycles. The fourth-order valence-corrected chi connectivity index (χ4v) is 0.476. The highest BCUT2D eigenvalue weighted by Crippen LogP contribution is 2.03. The Morgan fingerprint density at radius 2 is 2.20 bits per heavy atom. The minimum Gasteiger partial charge on any atom is -0.461 e. The Bertz CT molecular complexity index is 147. The molecule has 0 atom stereocenters. The van der Waals surface area contributed by atoms with E-state index < -0.39 is 16.5 Å². The maximum atomic E-state index is 10.6. The quantitative estimate of drug-likeness (QED) is 0.409. The molecule has 5 heteroatoms. The van der Waals surface area contributed by atoms with E-state index in [1.165, 1.54) is 0 Å². The minimum atomic E-state index is -1.10. The highest BCUT2D eigenvalue weighted by Gasteiger charge is 2.16. The molecule has 0 heterocycles. The van der Waals surface area contributed by atoms with Crippen LogP contribution in [0.4, 0.5) is 0 Å². The van der Waals surface area contributed by atoms with Gasteiger partial charge in [0.15, 0.2) is 4.84 Å². The van der Waals surface area contributed by atoms with Crippen molar-refractivity contribution < 1.29 is 9.53 Å². The summed E-state index contributed by atoms with van der Waals surface area (Å²) in [5, 5.41) is 6.91. The van der Waals surface area contributed by atoms with Crippen molar-refractivity contribution >= 4 is 34.9 Å². The standard InChI is InChI=1S/C5H7Cl2NO2/c1-2-10-5(9)3(8)4(6)7/h4,8H,2H2,1H3. The van der Waals surface area contributed by atoms with Crippen LogP contribution in [0.5, 0.6) is 0 Å². The van der Waals surface area contributed by atoms with Crippen LogP contribution < -0.4 is 0 Å². The summed E-state index contributed by atoms with van der Waals surface area (Å²) < 4.78 is 4.43. The third kappa shape index (κ3) is 3.03. The zero-order valence-electron chi connectivity index (χ0n) is 5.36. The second-order valence-electron chi connectivity index (χ2n) is 1.43. The number of esters is 1. The van der Waals surface area contributed by atoms with Crippen LogP contribution in [0, 0.1) is 5.41 Å². The van der Waals surface area contributed by atoms with Crippen molar-refractivity contribution in [3.63, 3.8) is 0 Å². The van der Waals surface area contributed by atoms with E-state index in [1.54, 1.807) is 6.92 Å². The van der Waals surface area contributed by atoms with Crippen LogP contribution in [0.1, 0.15) is 6.92 Å². The third-order valence-corrected chi connectivity index (χ3v) is 1.15. The first-order valence-corrected chi connectivity index (χ1v) is 3.50. The molecule has 0 rings (SSSR count). The number of carbonyl (C=O) groups excluding carboxylic acids is 1. The highest BCUT2D eigenvalue weighted by molar-refractivity contribution is 6.63. The zero-order valence-corrected chi connectivity index (χ0v) is 6.87. The van der Waals surface area contributed by atoms with E-state index in [-0.39, 0.29) is 6.61 Å². The van der Waals surface area contributed by atoms with Gasteiger partial charge < -0.3 is 4.74 Å². The lowest BCUT2D eigenvalue weighted by Gasteiger charge is -2.01. The molecule has 0 amide bonds. The third-order valence-electron chi connectivity index (χ3n) is 0.714. The van der Waals surface area contributed by atoms with Crippen LogP contribution in [0.2, 0.25) is 0 Å². The van der Waals surface area contributed by atoms with Gasteiger partial charge >= 0.3 is 5.97 Å².